The molecule has 28 heavy (non-hydrogen) atoms. The third kappa shape index (κ3) is 5.84. The van der Waals surface area contributed by atoms with E-state index >= 15 is 0 Å². The number of amides is 1. The second-order valence-corrected chi connectivity index (χ2v) is 6.86. The van der Waals surface area contributed by atoms with Crippen LogP contribution in [0.5, 0.6) is 0 Å². The number of aromatic nitrogens is 1. The van der Waals surface area contributed by atoms with Crippen LogP contribution in [0.4, 0.5) is 0 Å². The van der Waals surface area contributed by atoms with Crippen molar-refractivity contribution in [2.75, 3.05) is 13.2 Å². The summed E-state index contributed by atoms with van der Waals surface area (Å²) in [5.41, 5.74) is 7.46. The van der Waals surface area contributed by atoms with Crippen LogP contribution >= 0.6 is 0 Å². The lowest BCUT2D eigenvalue weighted by Gasteiger charge is -2.13. The number of esters is 1. The lowest BCUT2D eigenvalue weighted by Crippen LogP contribution is -2.24. The van der Waals surface area contributed by atoms with Gasteiger partial charge >= 0.3 is 5.97 Å². The van der Waals surface area contributed by atoms with Crippen molar-refractivity contribution in [3.8, 4) is 0 Å². The summed E-state index contributed by atoms with van der Waals surface area (Å²) < 4.78 is 5.08. The van der Waals surface area contributed by atoms with Gasteiger partial charge in [-0.1, -0.05) is 19.8 Å². The van der Waals surface area contributed by atoms with Crippen LogP contribution in [0.2, 0.25) is 0 Å². The minimum atomic E-state index is -0.154. The molecular weight excluding hydrogens is 356 g/mol. The monoisotopic (exact) mass is 386 g/mol. The van der Waals surface area contributed by atoms with Crippen LogP contribution in [-0.4, -0.2) is 35.8 Å². The maximum absolute atomic E-state index is 12.3. The minimum Gasteiger partial charge on any atom is -0.466 e. The molecule has 0 aliphatic rings. The van der Waals surface area contributed by atoms with Crippen LogP contribution in [0.3, 0.4) is 0 Å². The first-order valence-electron chi connectivity index (χ1n) is 9.88. The molecule has 0 fully saturated rings. The third-order valence-electron chi connectivity index (χ3n) is 4.80. The molecule has 0 aliphatic heterocycles. The van der Waals surface area contributed by atoms with Crippen LogP contribution < -0.4 is 11.1 Å². The van der Waals surface area contributed by atoms with Gasteiger partial charge in [-0.25, -0.2) is 0 Å². The minimum absolute atomic E-state index is 0.00219. The van der Waals surface area contributed by atoms with Gasteiger partial charge in [0, 0.05) is 23.0 Å². The Morgan fingerprint density at radius 2 is 2.00 bits per heavy atom. The van der Waals surface area contributed by atoms with Gasteiger partial charge < -0.3 is 20.8 Å². The molecule has 2 rings (SSSR count). The number of nitrogens with two attached hydrogens (primary N) is 1. The van der Waals surface area contributed by atoms with E-state index in [0.717, 1.165) is 43.0 Å². The molecule has 1 aromatic heterocycles. The van der Waals surface area contributed by atoms with Crippen molar-refractivity contribution in [1.82, 2.24) is 10.3 Å². The third-order valence-corrected chi connectivity index (χ3v) is 4.80. The lowest BCUT2D eigenvalue weighted by atomic mass is 9.99. The van der Waals surface area contributed by atoms with Crippen LogP contribution in [0.25, 0.3) is 10.9 Å². The van der Waals surface area contributed by atoms with Crippen molar-refractivity contribution in [2.45, 2.75) is 46.0 Å². The Hall–Kier alpha value is -2.83. The zero-order valence-corrected chi connectivity index (χ0v) is 16.6. The van der Waals surface area contributed by atoms with E-state index in [4.69, 9.17) is 15.9 Å². The first-order chi connectivity index (χ1) is 13.5. The van der Waals surface area contributed by atoms with Crippen molar-refractivity contribution in [3.63, 3.8) is 0 Å². The van der Waals surface area contributed by atoms with E-state index in [1.54, 1.807) is 18.2 Å². The Morgan fingerprint density at radius 3 is 2.68 bits per heavy atom. The highest BCUT2D eigenvalue weighted by Crippen LogP contribution is 2.18. The molecule has 1 unspecified atom stereocenters. The molecule has 0 spiro atoms. The molecule has 1 aromatic carbocycles. The smallest absolute Gasteiger partial charge is 0.308 e. The number of ether oxygens (including phenoxy) is 1. The van der Waals surface area contributed by atoms with Gasteiger partial charge in [0.05, 0.1) is 12.5 Å². The molecule has 1 atom stereocenters. The molecule has 0 aliphatic carbocycles. The second-order valence-electron chi connectivity index (χ2n) is 6.86. The Bertz CT molecular complexity index is 828. The number of nitrogens with one attached hydrogen (secondary N) is 3. The SMILES string of the molecule is CCOC(=O)C(CC)CCCCCNC(=O)c1cc2cc(C(=N)N)ccc2[nH]1. The van der Waals surface area contributed by atoms with Crippen molar-refractivity contribution in [3.05, 3.63) is 35.5 Å². The number of carbonyl (C=O) groups is 2. The largest absolute Gasteiger partial charge is 0.466 e. The van der Waals surface area contributed by atoms with Crippen LogP contribution in [0.1, 0.15) is 62.0 Å². The van der Waals surface area contributed by atoms with Gasteiger partial charge in [-0.05, 0) is 50.5 Å². The van der Waals surface area contributed by atoms with E-state index in [-0.39, 0.29) is 23.6 Å². The number of hydrogen-bond acceptors (Lipinski definition) is 4. The average molecular weight is 386 g/mol. The van der Waals surface area contributed by atoms with Crippen LogP contribution in [-0.2, 0) is 9.53 Å². The number of hydrogen-bond donors (Lipinski definition) is 4. The zero-order chi connectivity index (χ0) is 20.5. The number of fused-ring (bicyclic) bond motifs is 1. The first-order valence-corrected chi connectivity index (χ1v) is 9.88. The standard InChI is InChI=1S/C21H30N4O3/c1-3-14(21(27)28-4-2)8-6-5-7-11-24-20(26)18-13-16-12-15(19(22)23)9-10-17(16)25-18/h9-10,12-14,25H,3-8,11H2,1-2H3,(H3,22,23)(H,24,26). The average Bonchev–Trinajstić information content (AvgIpc) is 3.10. The Labute approximate surface area is 165 Å². The highest BCUT2D eigenvalue weighted by molar-refractivity contribution is 6.02. The molecule has 152 valence electrons. The quantitative estimate of drug-likeness (QED) is 0.205. The van der Waals surface area contributed by atoms with Gasteiger partial charge in [-0.15, -0.1) is 0 Å². The highest BCUT2D eigenvalue weighted by Gasteiger charge is 2.16. The van der Waals surface area contributed by atoms with E-state index < -0.39 is 0 Å². The number of benzene rings is 1. The summed E-state index contributed by atoms with van der Waals surface area (Å²) in [6, 6.07) is 7.13. The second kappa shape index (κ2) is 10.5. The molecule has 0 saturated heterocycles. The predicted octanol–water partition coefficient (Wildman–Crippen LogP) is 3.33. The topological polar surface area (TPSA) is 121 Å². The molecule has 5 N–H and O–H groups in total. The van der Waals surface area contributed by atoms with Crippen molar-refractivity contribution in [2.24, 2.45) is 11.7 Å². The number of H-pyrrole nitrogens is 1. The van der Waals surface area contributed by atoms with E-state index in [2.05, 4.69) is 10.3 Å². The van der Waals surface area contributed by atoms with E-state index in [9.17, 15) is 9.59 Å². The van der Waals surface area contributed by atoms with E-state index in [0.29, 0.717) is 24.4 Å². The fraction of sp³-hybridized carbons (Fsp3) is 0.476. The number of aromatic amines is 1. The lowest BCUT2D eigenvalue weighted by molar-refractivity contribution is -0.148. The van der Waals surface area contributed by atoms with Gasteiger partial charge in [-0.2, -0.15) is 0 Å². The van der Waals surface area contributed by atoms with E-state index in [1.807, 2.05) is 19.9 Å². The maximum atomic E-state index is 12.3. The van der Waals surface area contributed by atoms with Crippen LogP contribution in [0.15, 0.2) is 24.3 Å². The predicted molar refractivity (Wildman–Crippen MR) is 111 cm³/mol. The van der Waals surface area contributed by atoms with Crippen LogP contribution in [0, 0.1) is 11.3 Å². The number of carbonyl (C=O) groups excluding carboxylic acids is 2. The van der Waals surface area contributed by atoms with Gasteiger partial charge in [0.1, 0.15) is 11.5 Å². The highest BCUT2D eigenvalue weighted by atomic mass is 16.5. The summed E-state index contributed by atoms with van der Waals surface area (Å²) in [6.07, 6.45) is 4.36. The first kappa shape index (κ1) is 21.5. The molecule has 7 heteroatoms. The van der Waals surface area contributed by atoms with Gasteiger partial charge in [0.25, 0.3) is 5.91 Å². The number of nitrogen functional groups attached to an aromatic ring is 1. The van der Waals surface area contributed by atoms with Crippen molar-refractivity contribution < 1.29 is 14.3 Å². The molecular formula is C21H30N4O3. The molecule has 0 saturated carbocycles. The summed E-state index contributed by atoms with van der Waals surface area (Å²) in [5, 5.41) is 11.3. The summed E-state index contributed by atoms with van der Waals surface area (Å²) in [7, 11) is 0. The molecule has 7 nitrogen and oxygen atoms in total. The summed E-state index contributed by atoms with van der Waals surface area (Å²) in [6.45, 7) is 4.83. The molecule has 0 radical (unpaired) electrons. The Morgan fingerprint density at radius 1 is 1.21 bits per heavy atom. The summed E-state index contributed by atoms with van der Waals surface area (Å²) >= 11 is 0. The van der Waals surface area contributed by atoms with Gasteiger partial charge in [0.15, 0.2) is 0 Å². The van der Waals surface area contributed by atoms with Gasteiger partial charge in [-0.3, -0.25) is 15.0 Å². The van der Waals surface area contributed by atoms with E-state index in [1.165, 1.54) is 0 Å². The fourth-order valence-corrected chi connectivity index (χ4v) is 3.16. The number of amidine groups is 1. The normalized spacial score (nSPS) is 11.9. The Kier molecular flexibility index (Phi) is 8.04. The number of rotatable bonds is 11. The molecule has 0 bridgehead atoms. The maximum Gasteiger partial charge on any atom is 0.308 e. The summed E-state index contributed by atoms with van der Waals surface area (Å²) in [4.78, 5) is 27.2. The van der Waals surface area contributed by atoms with Gasteiger partial charge in [0.2, 0.25) is 0 Å². The number of unbranched alkanes of at least 4 members (excludes halogenated alkanes) is 2. The fourth-order valence-electron chi connectivity index (χ4n) is 3.16. The van der Waals surface area contributed by atoms with Crippen molar-refractivity contribution in [1.29, 1.82) is 5.41 Å². The molecule has 2 aromatic rings. The van der Waals surface area contributed by atoms with Crippen molar-refractivity contribution >= 4 is 28.6 Å². The summed E-state index contributed by atoms with van der Waals surface area (Å²) in [5.74, 6) is -0.285. The zero-order valence-electron chi connectivity index (χ0n) is 16.6. The molecule has 1 amide bonds. The Balaban J connectivity index is 1.74. The molecule has 1 heterocycles.